The van der Waals surface area contributed by atoms with Crippen molar-refractivity contribution in [3.63, 3.8) is 0 Å². The van der Waals surface area contributed by atoms with Gasteiger partial charge in [-0.25, -0.2) is 4.98 Å². The number of nitrogens with zero attached hydrogens (tertiary/aromatic N) is 5. The van der Waals surface area contributed by atoms with Gasteiger partial charge in [0, 0.05) is 63.4 Å². The van der Waals surface area contributed by atoms with E-state index in [1.807, 2.05) is 10.3 Å². The van der Waals surface area contributed by atoms with Gasteiger partial charge in [0.25, 0.3) is 5.91 Å². The van der Waals surface area contributed by atoms with Gasteiger partial charge in [0.05, 0.1) is 6.54 Å². The van der Waals surface area contributed by atoms with Gasteiger partial charge in [0.15, 0.2) is 0 Å². The molecule has 1 aromatic heterocycles. The predicted molar refractivity (Wildman–Crippen MR) is 114 cm³/mol. The first-order chi connectivity index (χ1) is 13.6. The van der Waals surface area contributed by atoms with Crippen LogP contribution >= 0.6 is 11.3 Å². The summed E-state index contributed by atoms with van der Waals surface area (Å²) < 4.78 is 0. The first-order valence-corrected chi connectivity index (χ1v) is 10.9. The highest BCUT2D eigenvalue weighted by molar-refractivity contribution is 7.09. The minimum atomic E-state index is 0.0833. The molecule has 3 heterocycles. The van der Waals surface area contributed by atoms with Crippen LogP contribution in [0.4, 0.5) is 5.69 Å². The quantitative estimate of drug-likeness (QED) is 0.788. The summed E-state index contributed by atoms with van der Waals surface area (Å²) in [6.45, 7) is 10.6. The molecule has 6 nitrogen and oxygen atoms in total. The van der Waals surface area contributed by atoms with E-state index in [9.17, 15) is 4.79 Å². The second kappa shape index (κ2) is 8.59. The molecule has 0 spiro atoms. The van der Waals surface area contributed by atoms with Crippen LogP contribution in [0.15, 0.2) is 29.6 Å². The number of likely N-dealkylation sites (N-methyl/N-ethyl adjacent to an activating group) is 1. The summed E-state index contributed by atoms with van der Waals surface area (Å²) in [7, 11) is 2.10. The molecule has 0 N–H and O–H groups in total. The van der Waals surface area contributed by atoms with Crippen LogP contribution in [0.1, 0.15) is 21.1 Å². The van der Waals surface area contributed by atoms with Gasteiger partial charge in [-0.15, -0.1) is 11.3 Å². The van der Waals surface area contributed by atoms with E-state index < -0.39 is 0 Å². The fraction of sp³-hybridized carbons (Fsp3) is 0.524. The lowest BCUT2D eigenvalue weighted by Crippen LogP contribution is -2.47. The monoisotopic (exact) mass is 399 g/mol. The molecule has 2 saturated heterocycles. The minimum absolute atomic E-state index is 0.0833. The maximum atomic E-state index is 12.7. The van der Waals surface area contributed by atoms with E-state index in [0.29, 0.717) is 5.69 Å². The van der Waals surface area contributed by atoms with Crippen molar-refractivity contribution in [2.45, 2.75) is 13.5 Å². The van der Waals surface area contributed by atoms with Crippen molar-refractivity contribution in [3.05, 3.63) is 45.9 Å². The zero-order valence-corrected chi connectivity index (χ0v) is 17.6. The molecule has 0 atom stereocenters. The summed E-state index contributed by atoms with van der Waals surface area (Å²) in [5.74, 6) is 0.0833. The third-order valence-electron chi connectivity index (χ3n) is 5.75. The number of amides is 1. The Morgan fingerprint density at radius 1 is 1.04 bits per heavy atom. The molecule has 7 heteroatoms. The summed E-state index contributed by atoms with van der Waals surface area (Å²) in [4.78, 5) is 26.4. The molecule has 0 radical (unpaired) electrons. The average Bonchev–Trinajstić information content (AvgIpc) is 3.18. The average molecular weight is 400 g/mol. The Morgan fingerprint density at radius 2 is 1.75 bits per heavy atom. The van der Waals surface area contributed by atoms with Crippen molar-refractivity contribution in [2.24, 2.45) is 0 Å². The van der Waals surface area contributed by atoms with E-state index in [0.717, 1.165) is 63.9 Å². The zero-order valence-electron chi connectivity index (χ0n) is 16.8. The lowest BCUT2D eigenvalue weighted by atomic mass is 10.1. The highest BCUT2D eigenvalue weighted by atomic mass is 32.1. The topological polar surface area (TPSA) is 42.9 Å². The van der Waals surface area contributed by atoms with Crippen molar-refractivity contribution < 1.29 is 4.79 Å². The molecule has 1 aromatic carbocycles. The predicted octanol–water partition coefficient (Wildman–Crippen LogP) is 2.16. The van der Waals surface area contributed by atoms with Crippen molar-refractivity contribution in [2.75, 3.05) is 64.3 Å². The van der Waals surface area contributed by atoms with Crippen molar-refractivity contribution >= 4 is 22.9 Å². The molecule has 150 valence electrons. The van der Waals surface area contributed by atoms with Gasteiger partial charge >= 0.3 is 0 Å². The minimum Gasteiger partial charge on any atom is -0.369 e. The smallest absolute Gasteiger partial charge is 0.273 e. The Morgan fingerprint density at radius 3 is 2.46 bits per heavy atom. The number of piperazine rings is 2. The number of aryl methyl sites for hydroxylation is 1. The van der Waals surface area contributed by atoms with Gasteiger partial charge < -0.3 is 14.7 Å². The highest BCUT2D eigenvalue weighted by Gasteiger charge is 2.23. The van der Waals surface area contributed by atoms with Crippen LogP contribution in [0, 0.1) is 6.92 Å². The maximum absolute atomic E-state index is 12.7. The van der Waals surface area contributed by atoms with Gasteiger partial charge in [-0.05, 0) is 25.6 Å². The molecule has 0 bridgehead atoms. The van der Waals surface area contributed by atoms with Gasteiger partial charge in [0.1, 0.15) is 10.7 Å². The lowest BCUT2D eigenvalue weighted by molar-refractivity contribution is 0.0658. The van der Waals surface area contributed by atoms with Gasteiger partial charge in [-0.3, -0.25) is 9.69 Å². The largest absolute Gasteiger partial charge is 0.369 e. The standard InChI is InChI=1S/C21H29N5OS/c1-17-5-3-4-6-19(17)25-13-9-24(10-14-25)15-20-22-18(16-28-20)21(27)26-11-7-23(2)8-12-26/h3-6,16H,7-15H2,1-2H3. The Labute approximate surface area is 171 Å². The number of carbonyl (C=O) groups excluding carboxylic acids is 1. The fourth-order valence-electron chi connectivity index (χ4n) is 3.91. The molecule has 4 rings (SSSR count). The number of thiazole rings is 1. The molecular weight excluding hydrogens is 370 g/mol. The summed E-state index contributed by atoms with van der Waals surface area (Å²) in [6, 6.07) is 8.60. The Kier molecular flexibility index (Phi) is 5.94. The number of benzene rings is 1. The van der Waals surface area contributed by atoms with Crippen LogP contribution in [0.3, 0.4) is 0 Å². The third kappa shape index (κ3) is 4.37. The molecular formula is C21H29N5OS. The normalized spacial score (nSPS) is 19.2. The van der Waals surface area contributed by atoms with E-state index in [-0.39, 0.29) is 5.91 Å². The van der Waals surface area contributed by atoms with Gasteiger partial charge in [-0.1, -0.05) is 18.2 Å². The van der Waals surface area contributed by atoms with Crippen molar-refractivity contribution in [3.8, 4) is 0 Å². The van der Waals surface area contributed by atoms with E-state index >= 15 is 0 Å². The van der Waals surface area contributed by atoms with Crippen LogP contribution < -0.4 is 4.90 Å². The Bertz CT molecular complexity index is 807. The maximum Gasteiger partial charge on any atom is 0.273 e. The van der Waals surface area contributed by atoms with Gasteiger partial charge in [0.2, 0.25) is 0 Å². The fourth-order valence-corrected chi connectivity index (χ4v) is 4.72. The molecule has 0 unspecified atom stereocenters. The number of hydrogen-bond acceptors (Lipinski definition) is 6. The molecule has 2 aliphatic heterocycles. The summed E-state index contributed by atoms with van der Waals surface area (Å²) in [5.41, 5.74) is 3.29. The van der Waals surface area contributed by atoms with E-state index in [1.54, 1.807) is 11.3 Å². The lowest BCUT2D eigenvalue weighted by Gasteiger charge is -2.36. The second-order valence-corrected chi connectivity index (χ2v) is 8.71. The molecule has 28 heavy (non-hydrogen) atoms. The summed E-state index contributed by atoms with van der Waals surface area (Å²) >= 11 is 1.61. The number of anilines is 1. The second-order valence-electron chi connectivity index (χ2n) is 7.77. The molecule has 2 aliphatic rings. The number of carbonyl (C=O) groups is 1. The van der Waals surface area contributed by atoms with Crippen LogP contribution in [0.2, 0.25) is 0 Å². The number of rotatable bonds is 4. The summed E-state index contributed by atoms with van der Waals surface area (Å²) in [5, 5.41) is 2.97. The molecule has 1 amide bonds. The van der Waals surface area contributed by atoms with E-state index in [1.165, 1.54) is 11.3 Å². The first-order valence-electron chi connectivity index (χ1n) is 10.1. The van der Waals surface area contributed by atoms with Crippen LogP contribution in [-0.4, -0.2) is 85.0 Å². The van der Waals surface area contributed by atoms with Crippen LogP contribution in [0.25, 0.3) is 0 Å². The number of para-hydroxylation sites is 1. The SMILES string of the molecule is Cc1ccccc1N1CCN(Cc2nc(C(=O)N3CCN(C)CC3)cs2)CC1. The van der Waals surface area contributed by atoms with Crippen LogP contribution in [-0.2, 0) is 6.54 Å². The van der Waals surface area contributed by atoms with Crippen LogP contribution in [0.5, 0.6) is 0 Å². The van der Waals surface area contributed by atoms with E-state index in [2.05, 4.69) is 57.9 Å². The molecule has 2 fully saturated rings. The Balaban J connectivity index is 1.30. The molecule has 0 saturated carbocycles. The Hall–Kier alpha value is -1.96. The van der Waals surface area contributed by atoms with Crippen molar-refractivity contribution in [1.82, 2.24) is 19.7 Å². The number of aromatic nitrogens is 1. The van der Waals surface area contributed by atoms with E-state index in [4.69, 9.17) is 0 Å². The number of hydrogen-bond donors (Lipinski definition) is 0. The van der Waals surface area contributed by atoms with Crippen molar-refractivity contribution in [1.29, 1.82) is 0 Å². The molecule has 2 aromatic rings. The molecule has 0 aliphatic carbocycles. The van der Waals surface area contributed by atoms with Gasteiger partial charge in [-0.2, -0.15) is 0 Å². The third-order valence-corrected chi connectivity index (χ3v) is 6.58. The summed E-state index contributed by atoms with van der Waals surface area (Å²) in [6.07, 6.45) is 0. The highest BCUT2D eigenvalue weighted by Crippen LogP contribution is 2.22. The first kappa shape index (κ1) is 19.4. The zero-order chi connectivity index (χ0) is 19.5.